The Morgan fingerprint density at radius 2 is 1.82 bits per heavy atom. The summed E-state index contributed by atoms with van der Waals surface area (Å²) < 4.78 is 1.86. The highest BCUT2D eigenvalue weighted by molar-refractivity contribution is 5.42. The zero-order chi connectivity index (χ0) is 12.6. The number of nitrogens with zero attached hydrogens (tertiary/aromatic N) is 4. The second-order valence-corrected chi connectivity index (χ2v) is 4.12. The minimum absolute atomic E-state index is 0.733. The summed E-state index contributed by atoms with van der Waals surface area (Å²) in [6.45, 7) is 8.00. The molecule has 0 aliphatic carbocycles. The van der Waals surface area contributed by atoms with Gasteiger partial charge >= 0.3 is 0 Å². The van der Waals surface area contributed by atoms with Crippen LogP contribution >= 0.6 is 0 Å². The first-order valence-electron chi connectivity index (χ1n) is 5.59. The van der Waals surface area contributed by atoms with Gasteiger partial charge in [0.1, 0.15) is 11.6 Å². The van der Waals surface area contributed by atoms with Crippen LogP contribution in [0.2, 0.25) is 0 Å². The molecule has 5 heteroatoms. The SMILES string of the molecule is CNc1cc(-n2nc(C)c(C)c2C)nc(C)n1. The fourth-order valence-electron chi connectivity index (χ4n) is 1.73. The van der Waals surface area contributed by atoms with Crippen LogP contribution < -0.4 is 5.32 Å². The smallest absolute Gasteiger partial charge is 0.159 e. The van der Waals surface area contributed by atoms with Gasteiger partial charge in [-0.25, -0.2) is 14.6 Å². The van der Waals surface area contributed by atoms with Crippen LogP contribution in [0.5, 0.6) is 0 Å². The van der Waals surface area contributed by atoms with E-state index >= 15 is 0 Å². The van der Waals surface area contributed by atoms with Crippen LogP contribution in [0.15, 0.2) is 6.07 Å². The van der Waals surface area contributed by atoms with Crippen molar-refractivity contribution in [3.63, 3.8) is 0 Å². The summed E-state index contributed by atoms with van der Waals surface area (Å²) in [6, 6.07) is 1.89. The van der Waals surface area contributed by atoms with Gasteiger partial charge < -0.3 is 5.32 Å². The summed E-state index contributed by atoms with van der Waals surface area (Å²) in [5, 5.41) is 7.52. The minimum atomic E-state index is 0.733. The standard InChI is InChI=1S/C12H17N5/c1-7-8(2)16-17(9(7)3)12-6-11(13-5)14-10(4)15-12/h6H,1-5H3,(H,13,14,15). The summed E-state index contributed by atoms with van der Waals surface area (Å²) in [5.74, 6) is 2.34. The van der Waals surface area contributed by atoms with Gasteiger partial charge in [-0.1, -0.05) is 0 Å². The van der Waals surface area contributed by atoms with E-state index in [0.717, 1.165) is 28.8 Å². The predicted octanol–water partition coefficient (Wildman–Crippen LogP) is 1.94. The largest absolute Gasteiger partial charge is 0.373 e. The van der Waals surface area contributed by atoms with Gasteiger partial charge in [0.25, 0.3) is 0 Å². The van der Waals surface area contributed by atoms with Crippen molar-refractivity contribution < 1.29 is 0 Å². The Kier molecular flexibility index (Phi) is 2.83. The summed E-state index contributed by atoms with van der Waals surface area (Å²) in [5.41, 5.74) is 3.35. The molecule has 90 valence electrons. The highest BCUT2D eigenvalue weighted by Crippen LogP contribution is 2.17. The molecule has 2 heterocycles. The zero-order valence-corrected chi connectivity index (χ0v) is 10.9. The molecule has 2 aromatic rings. The molecule has 2 rings (SSSR count). The van der Waals surface area contributed by atoms with Gasteiger partial charge in [-0.3, -0.25) is 0 Å². The third-order valence-corrected chi connectivity index (χ3v) is 2.95. The molecule has 0 radical (unpaired) electrons. The van der Waals surface area contributed by atoms with Crippen molar-refractivity contribution in [2.45, 2.75) is 27.7 Å². The molecule has 0 fully saturated rings. The van der Waals surface area contributed by atoms with Crippen molar-refractivity contribution in [2.24, 2.45) is 0 Å². The highest BCUT2D eigenvalue weighted by Gasteiger charge is 2.11. The Morgan fingerprint density at radius 1 is 1.12 bits per heavy atom. The second kappa shape index (κ2) is 4.16. The average Bonchev–Trinajstić information content (AvgIpc) is 2.56. The lowest BCUT2D eigenvalue weighted by Crippen LogP contribution is -2.06. The number of hydrogen-bond acceptors (Lipinski definition) is 4. The number of aryl methyl sites for hydroxylation is 2. The average molecular weight is 231 g/mol. The van der Waals surface area contributed by atoms with E-state index in [1.807, 2.05) is 38.6 Å². The quantitative estimate of drug-likeness (QED) is 0.858. The molecule has 0 spiro atoms. The molecule has 0 aliphatic heterocycles. The lowest BCUT2D eigenvalue weighted by Gasteiger charge is -2.07. The van der Waals surface area contributed by atoms with Gasteiger partial charge in [-0.2, -0.15) is 5.10 Å². The molecule has 0 atom stereocenters. The van der Waals surface area contributed by atoms with Gasteiger partial charge in [0.05, 0.1) is 5.69 Å². The monoisotopic (exact) mass is 231 g/mol. The molecule has 0 aliphatic rings. The van der Waals surface area contributed by atoms with Gasteiger partial charge in [0.15, 0.2) is 5.82 Å². The third-order valence-electron chi connectivity index (χ3n) is 2.95. The Morgan fingerprint density at radius 3 is 2.35 bits per heavy atom. The Labute approximate surface area is 101 Å². The van der Waals surface area contributed by atoms with E-state index in [2.05, 4.69) is 27.3 Å². The third kappa shape index (κ3) is 2.00. The molecule has 0 saturated carbocycles. The van der Waals surface area contributed by atoms with Gasteiger partial charge in [0.2, 0.25) is 0 Å². The molecule has 2 aromatic heterocycles. The number of nitrogens with one attached hydrogen (secondary N) is 1. The van der Waals surface area contributed by atoms with Crippen molar-refractivity contribution in [3.8, 4) is 5.82 Å². The minimum Gasteiger partial charge on any atom is -0.373 e. The van der Waals surface area contributed by atoms with E-state index in [1.54, 1.807) is 0 Å². The first-order chi connectivity index (χ1) is 8.02. The maximum absolute atomic E-state index is 4.50. The lowest BCUT2D eigenvalue weighted by atomic mass is 10.2. The maximum Gasteiger partial charge on any atom is 0.159 e. The molecule has 0 bridgehead atoms. The number of aromatic nitrogens is 4. The van der Waals surface area contributed by atoms with Crippen LogP contribution in [-0.2, 0) is 0 Å². The fraction of sp³-hybridized carbons (Fsp3) is 0.417. The second-order valence-electron chi connectivity index (χ2n) is 4.12. The summed E-state index contributed by atoms with van der Waals surface area (Å²) in [4.78, 5) is 8.69. The van der Waals surface area contributed by atoms with Crippen LogP contribution in [-0.4, -0.2) is 26.8 Å². The number of hydrogen-bond donors (Lipinski definition) is 1. The highest BCUT2D eigenvalue weighted by atomic mass is 15.3. The van der Waals surface area contributed by atoms with Gasteiger partial charge in [-0.15, -0.1) is 0 Å². The van der Waals surface area contributed by atoms with Crippen molar-refractivity contribution in [3.05, 3.63) is 28.8 Å². The molecular weight excluding hydrogens is 214 g/mol. The van der Waals surface area contributed by atoms with Crippen LogP contribution in [0, 0.1) is 27.7 Å². The molecule has 0 aromatic carbocycles. The van der Waals surface area contributed by atoms with Crippen molar-refractivity contribution in [1.29, 1.82) is 0 Å². The van der Waals surface area contributed by atoms with Crippen molar-refractivity contribution in [2.75, 3.05) is 12.4 Å². The normalized spacial score (nSPS) is 10.6. The Bertz CT molecular complexity index is 556. The molecule has 17 heavy (non-hydrogen) atoms. The maximum atomic E-state index is 4.50. The van der Waals surface area contributed by atoms with Crippen LogP contribution in [0.4, 0.5) is 5.82 Å². The molecule has 0 unspecified atom stereocenters. The van der Waals surface area contributed by atoms with Gasteiger partial charge in [-0.05, 0) is 33.3 Å². The number of anilines is 1. The van der Waals surface area contributed by atoms with Crippen molar-refractivity contribution >= 4 is 5.82 Å². The first-order valence-corrected chi connectivity index (χ1v) is 5.59. The Hall–Kier alpha value is -1.91. The zero-order valence-electron chi connectivity index (χ0n) is 10.9. The molecular formula is C12H17N5. The lowest BCUT2D eigenvalue weighted by molar-refractivity contribution is 0.793. The van der Waals surface area contributed by atoms with E-state index in [0.29, 0.717) is 0 Å². The molecule has 5 nitrogen and oxygen atoms in total. The van der Waals surface area contributed by atoms with Crippen LogP contribution in [0.25, 0.3) is 5.82 Å². The first kappa shape index (κ1) is 11.6. The Balaban J connectivity index is 2.59. The molecule has 0 amide bonds. The van der Waals surface area contributed by atoms with E-state index in [4.69, 9.17) is 0 Å². The summed E-state index contributed by atoms with van der Waals surface area (Å²) >= 11 is 0. The summed E-state index contributed by atoms with van der Waals surface area (Å²) in [7, 11) is 1.85. The van der Waals surface area contributed by atoms with Crippen LogP contribution in [0.1, 0.15) is 22.8 Å². The topological polar surface area (TPSA) is 55.6 Å². The van der Waals surface area contributed by atoms with Gasteiger partial charge in [0, 0.05) is 18.8 Å². The summed E-state index contributed by atoms with van der Waals surface area (Å²) in [6.07, 6.45) is 0. The van der Waals surface area contributed by atoms with E-state index in [9.17, 15) is 0 Å². The van der Waals surface area contributed by atoms with E-state index < -0.39 is 0 Å². The van der Waals surface area contributed by atoms with Crippen molar-refractivity contribution in [1.82, 2.24) is 19.7 Å². The molecule has 0 saturated heterocycles. The van der Waals surface area contributed by atoms with Crippen LogP contribution in [0.3, 0.4) is 0 Å². The predicted molar refractivity (Wildman–Crippen MR) is 67.6 cm³/mol. The number of rotatable bonds is 2. The van der Waals surface area contributed by atoms with E-state index in [-0.39, 0.29) is 0 Å². The molecule has 1 N–H and O–H groups in total. The van der Waals surface area contributed by atoms with E-state index in [1.165, 1.54) is 5.56 Å². The fourth-order valence-corrected chi connectivity index (χ4v) is 1.73.